The second-order valence-electron chi connectivity index (χ2n) is 6.65. The van der Waals surface area contributed by atoms with Crippen LogP contribution in [0.5, 0.6) is 0 Å². The number of hydrogen-bond acceptors (Lipinski definition) is 7. The Labute approximate surface area is 171 Å². The number of aromatic nitrogens is 2. The van der Waals surface area contributed by atoms with Crippen LogP contribution in [-0.2, 0) is 11.2 Å². The number of nitrogens with one attached hydrogen (secondary N) is 1. The van der Waals surface area contributed by atoms with Gasteiger partial charge in [-0.1, -0.05) is 36.0 Å². The summed E-state index contributed by atoms with van der Waals surface area (Å²) in [5, 5.41) is 21.9. The van der Waals surface area contributed by atoms with Gasteiger partial charge in [-0.2, -0.15) is 0 Å². The third-order valence-corrected chi connectivity index (χ3v) is 5.23. The number of nitro groups is 1. The molecule has 3 rings (SSSR count). The summed E-state index contributed by atoms with van der Waals surface area (Å²) in [6.45, 7) is 5.87. The Hall–Kier alpha value is -3.20. The van der Waals surface area contributed by atoms with Gasteiger partial charge in [0.15, 0.2) is 0 Å². The first-order valence-corrected chi connectivity index (χ1v) is 9.86. The van der Waals surface area contributed by atoms with E-state index >= 15 is 0 Å². The summed E-state index contributed by atoms with van der Waals surface area (Å²) < 4.78 is 5.60. The number of nitrogens with zero attached hydrogens (tertiary/aromatic N) is 3. The fourth-order valence-electron chi connectivity index (χ4n) is 2.63. The predicted octanol–water partition coefficient (Wildman–Crippen LogP) is 4.22. The van der Waals surface area contributed by atoms with Gasteiger partial charge in [-0.05, 0) is 43.0 Å². The highest BCUT2D eigenvalue weighted by molar-refractivity contribution is 7.99. The molecule has 8 nitrogen and oxygen atoms in total. The maximum Gasteiger partial charge on any atom is 0.277 e. The van der Waals surface area contributed by atoms with Crippen molar-refractivity contribution >= 4 is 29.0 Å². The van der Waals surface area contributed by atoms with E-state index < -0.39 is 4.92 Å². The molecule has 1 amide bonds. The number of amides is 1. The van der Waals surface area contributed by atoms with Crippen molar-refractivity contribution in [3.05, 3.63) is 74.7 Å². The Bertz CT molecular complexity index is 1060. The zero-order valence-electron chi connectivity index (χ0n) is 16.3. The van der Waals surface area contributed by atoms with Gasteiger partial charge >= 0.3 is 0 Å². The van der Waals surface area contributed by atoms with Crippen LogP contribution in [0.1, 0.15) is 28.1 Å². The number of carbonyl (C=O) groups is 1. The first kappa shape index (κ1) is 20.5. The van der Waals surface area contributed by atoms with Gasteiger partial charge < -0.3 is 9.73 Å². The van der Waals surface area contributed by atoms with Gasteiger partial charge in [0, 0.05) is 12.1 Å². The molecule has 29 heavy (non-hydrogen) atoms. The summed E-state index contributed by atoms with van der Waals surface area (Å²) in [7, 11) is 0. The van der Waals surface area contributed by atoms with E-state index in [-0.39, 0.29) is 17.3 Å². The summed E-state index contributed by atoms with van der Waals surface area (Å²) in [4.78, 5) is 22.6. The lowest BCUT2D eigenvalue weighted by Gasteiger charge is -2.07. The van der Waals surface area contributed by atoms with Crippen LogP contribution in [0.3, 0.4) is 0 Å². The molecule has 0 unspecified atom stereocenters. The first-order valence-electron chi connectivity index (χ1n) is 8.88. The largest absolute Gasteiger partial charge is 0.416 e. The topological polar surface area (TPSA) is 111 Å². The van der Waals surface area contributed by atoms with Crippen molar-refractivity contribution in [2.24, 2.45) is 0 Å². The molecule has 0 aliphatic rings. The van der Waals surface area contributed by atoms with E-state index in [0.29, 0.717) is 23.2 Å². The van der Waals surface area contributed by atoms with Crippen molar-refractivity contribution in [2.45, 2.75) is 32.4 Å². The number of hydrogen-bond donors (Lipinski definition) is 1. The van der Waals surface area contributed by atoms with Crippen molar-refractivity contribution < 1.29 is 14.1 Å². The summed E-state index contributed by atoms with van der Waals surface area (Å²) >= 11 is 1.11. The number of carbonyl (C=O) groups excluding carboxylic acids is 1. The van der Waals surface area contributed by atoms with E-state index in [1.165, 1.54) is 23.3 Å². The molecule has 9 heteroatoms. The monoisotopic (exact) mass is 412 g/mol. The third-order valence-electron chi connectivity index (χ3n) is 4.41. The number of thioether (sulfide) groups is 1. The molecule has 3 aromatic rings. The highest BCUT2D eigenvalue weighted by Gasteiger charge is 2.14. The number of non-ortho nitro benzene ring substituents is 1. The molecule has 1 heterocycles. The molecule has 0 fully saturated rings. The second-order valence-corrected chi connectivity index (χ2v) is 7.58. The number of aryl methyl sites for hydroxylation is 3. The fourth-order valence-corrected chi connectivity index (χ4v) is 3.21. The smallest absolute Gasteiger partial charge is 0.277 e. The summed E-state index contributed by atoms with van der Waals surface area (Å²) in [5.41, 5.74) is 4.57. The minimum atomic E-state index is -0.501. The summed E-state index contributed by atoms with van der Waals surface area (Å²) in [6.07, 6.45) is 0.522. The molecular weight excluding hydrogens is 392 g/mol. The van der Waals surface area contributed by atoms with Crippen LogP contribution < -0.4 is 5.32 Å². The average Bonchev–Trinajstić information content (AvgIpc) is 3.12. The summed E-state index contributed by atoms with van der Waals surface area (Å²) in [5.74, 6) is 0.214. The van der Waals surface area contributed by atoms with Crippen LogP contribution in [0.2, 0.25) is 0 Å². The van der Waals surface area contributed by atoms with Crippen LogP contribution in [-0.4, -0.2) is 26.8 Å². The zero-order chi connectivity index (χ0) is 21.0. The molecule has 0 aliphatic heterocycles. The Morgan fingerprint density at radius 2 is 1.86 bits per heavy atom. The molecule has 0 atom stereocenters. The van der Waals surface area contributed by atoms with E-state index in [0.717, 1.165) is 22.9 Å². The molecule has 0 radical (unpaired) electrons. The van der Waals surface area contributed by atoms with Crippen molar-refractivity contribution in [2.75, 3.05) is 11.1 Å². The van der Waals surface area contributed by atoms with Crippen molar-refractivity contribution in [3.63, 3.8) is 0 Å². The van der Waals surface area contributed by atoms with Crippen molar-refractivity contribution in [1.29, 1.82) is 0 Å². The normalized spacial score (nSPS) is 10.7. The van der Waals surface area contributed by atoms with E-state index in [9.17, 15) is 14.9 Å². The highest BCUT2D eigenvalue weighted by Crippen LogP contribution is 2.23. The lowest BCUT2D eigenvalue weighted by molar-refractivity contribution is -0.384. The molecule has 1 N–H and O–H groups in total. The molecule has 0 spiro atoms. The Morgan fingerprint density at radius 1 is 1.10 bits per heavy atom. The van der Waals surface area contributed by atoms with Crippen LogP contribution >= 0.6 is 11.8 Å². The van der Waals surface area contributed by atoms with Gasteiger partial charge in [0.2, 0.25) is 11.8 Å². The minimum Gasteiger partial charge on any atom is -0.416 e. The van der Waals surface area contributed by atoms with Crippen molar-refractivity contribution in [3.8, 4) is 0 Å². The van der Waals surface area contributed by atoms with E-state index in [2.05, 4.69) is 41.5 Å². The van der Waals surface area contributed by atoms with Crippen LogP contribution in [0.15, 0.2) is 46.0 Å². The number of rotatable bonds is 7. The van der Waals surface area contributed by atoms with Gasteiger partial charge in [-0.25, -0.2) is 0 Å². The predicted molar refractivity (Wildman–Crippen MR) is 110 cm³/mol. The quantitative estimate of drug-likeness (QED) is 0.351. The molecular formula is C20H20N4O4S. The van der Waals surface area contributed by atoms with E-state index in [1.807, 2.05) is 6.07 Å². The average molecular weight is 412 g/mol. The molecule has 0 saturated carbocycles. The van der Waals surface area contributed by atoms with E-state index in [4.69, 9.17) is 4.42 Å². The van der Waals surface area contributed by atoms with Gasteiger partial charge in [0.05, 0.1) is 22.8 Å². The van der Waals surface area contributed by atoms with Gasteiger partial charge in [-0.3, -0.25) is 14.9 Å². The number of anilines is 1. The third kappa shape index (κ3) is 5.41. The van der Waals surface area contributed by atoms with Crippen LogP contribution in [0.4, 0.5) is 11.4 Å². The van der Waals surface area contributed by atoms with Gasteiger partial charge in [0.25, 0.3) is 10.9 Å². The maximum atomic E-state index is 12.2. The molecule has 0 saturated heterocycles. The van der Waals surface area contributed by atoms with Crippen molar-refractivity contribution in [1.82, 2.24) is 10.2 Å². The number of benzene rings is 2. The summed E-state index contributed by atoms with van der Waals surface area (Å²) in [6, 6.07) is 10.5. The highest BCUT2D eigenvalue weighted by atomic mass is 32.2. The Morgan fingerprint density at radius 3 is 2.59 bits per heavy atom. The number of nitro benzene ring substituents is 1. The van der Waals surface area contributed by atoms with Crippen LogP contribution in [0, 0.1) is 30.9 Å². The molecule has 1 aromatic heterocycles. The lowest BCUT2D eigenvalue weighted by Crippen LogP contribution is -2.15. The lowest BCUT2D eigenvalue weighted by atomic mass is 10.0. The standard InChI is InChI=1S/C20H20N4O4S/c1-12-4-6-15(8-14(12)3)9-19-22-23-20(28-19)29-11-18(25)21-17-10-16(24(26)27)7-5-13(17)2/h4-8,10H,9,11H2,1-3H3,(H,21,25). The molecule has 2 aromatic carbocycles. The second kappa shape index (κ2) is 8.87. The minimum absolute atomic E-state index is 0.0490. The molecule has 150 valence electrons. The maximum absolute atomic E-state index is 12.2. The fraction of sp³-hybridized carbons (Fsp3) is 0.250. The zero-order valence-corrected chi connectivity index (χ0v) is 17.1. The van der Waals surface area contributed by atoms with E-state index in [1.54, 1.807) is 13.0 Å². The molecule has 0 bridgehead atoms. The van der Waals surface area contributed by atoms with Gasteiger partial charge in [0.1, 0.15) is 0 Å². The molecule has 0 aliphatic carbocycles. The van der Waals surface area contributed by atoms with Gasteiger partial charge in [-0.15, -0.1) is 10.2 Å². The van der Waals surface area contributed by atoms with Crippen LogP contribution in [0.25, 0.3) is 0 Å². The SMILES string of the molecule is Cc1ccc(Cc2nnc(SCC(=O)Nc3cc([N+](=O)[O-])ccc3C)o2)cc1C. The Kier molecular flexibility index (Phi) is 6.28. The first-order chi connectivity index (χ1) is 13.8. The Balaban J connectivity index is 1.56.